The van der Waals surface area contributed by atoms with E-state index in [1.54, 1.807) is 19.2 Å². The molecule has 25 heavy (non-hydrogen) atoms. The molecular formula is C17H16ClN3O2S2. The number of nitrogens with one attached hydrogen (secondary N) is 2. The minimum absolute atomic E-state index is 0.136. The van der Waals surface area contributed by atoms with Gasteiger partial charge >= 0.3 is 0 Å². The standard InChI is InChI=1S/C17H16ClN3O2S2/c1-10-3-5-11(6-4-10)24-9-14(22)20-21-17-19-15-13(23-2)8-7-12(18)16(15)25-17/h3-8H,9H2,1-2H3,(H,19,21)(H,20,22). The van der Waals surface area contributed by atoms with Crippen LogP contribution in [-0.4, -0.2) is 23.8 Å². The molecular weight excluding hydrogens is 378 g/mol. The van der Waals surface area contributed by atoms with E-state index in [1.165, 1.54) is 28.7 Å². The van der Waals surface area contributed by atoms with E-state index < -0.39 is 0 Å². The number of methoxy groups -OCH3 is 1. The minimum Gasteiger partial charge on any atom is -0.494 e. The predicted molar refractivity (Wildman–Crippen MR) is 105 cm³/mol. The highest BCUT2D eigenvalue weighted by Gasteiger charge is 2.12. The summed E-state index contributed by atoms with van der Waals surface area (Å²) in [5.74, 6) is 0.818. The molecule has 1 aromatic heterocycles. The highest BCUT2D eigenvalue weighted by molar-refractivity contribution is 8.00. The van der Waals surface area contributed by atoms with Gasteiger partial charge in [0.25, 0.3) is 0 Å². The number of carbonyl (C=O) groups excluding carboxylic acids is 1. The Labute approximate surface area is 158 Å². The normalized spacial score (nSPS) is 10.7. The fourth-order valence-electron chi connectivity index (χ4n) is 2.11. The van der Waals surface area contributed by atoms with Crippen LogP contribution in [0.2, 0.25) is 5.02 Å². The maximum absolute atomic E-state index is 12.0. The lowest BCUT2D eigenvalue weighted by atomic mass is 10.2. The smallest absolute Gasteiger partial charge is 0.248 e. The number of benzene rings is 2. The van der Waals surface area contributed by atoms with Gasteiger partial charge in [-0.2, -0.15) is 0 Å². The Morgan fingerprint density at radius 3 is 2.76 bits per heavy atom. The van der Waals surface area contributed by atoms with Crippen LogP contribution in [0.4, 0.5) is 5.13 Å². The molecule has 0 unspecified atom stereocenters. The SMILES string of the molecule is COc1ccc(Cl)c2sc(NNC(=O)CSc3ccc(C)cc3)nc12. The molecule has 0 radical (unpaired) electrons. The van der Waals surface area contributed by atoms with Crippen molar-refractivity contribution in [2.75, 3.05) is 18.3 Å². The van der Waals surface area contributed by atoms with Gasteiger partial charge in [0.2, 0.25) is 11.0 Å². The molecule has 0 fully saturated rings. The lowest BCUT2D eigenvalue weighted by Crippen LogP contribution is -2.30. The van der Waals surface area contributed by atoms with Gasteiger partial charge in [-0.3, -0.25) is 15.6 Å². The Kier molecular flexibility index (Phi) is 5.67. The summed E-state index contributed by atoms with van der Waals surface area (Å²) in [7, 11) is 1.58. The van der Waals surface area contributed by atoms with Crippen molar-refractivity contribution in [1.82, 2.24) is 10.4 Å². The number of rotatable bonds is 6. The number of hydrazine groups is 1. The van der Waals surface area contributed by atoms with Crippen molar-refractivity contribution in [3.8, 4) is 5.75 Å². The summed E-state index contributed by atoms with van der Waals surface area (Å²) in [5, 5.41) is 1.15. The van der Waals surface area contributed by atoms with Crippen molar-refractivity contribution in [3.63, 3.8) is 0 Å². The van der Waals surface area contributed by atoms with Crippen LogP contribution >= 0.6 is 34.7 Å². The summed E-state index contributed by atoms with van der Waals surface area (Å²) in [4.78, 5) is 17.5. The van der Waals surface area contributed by atoms with E-state index in [0.717, 1.165) is 9.60 Å². The summed E-state index contributed by atoms with van der Waals surface area (Å²) >= 11 is 9.02. The first-order valence-corrected chi connectivity index (χ1v) is 9.62. The number of nitrogens with zero attached hydrogens (tertiary/aromatic N) is 1. The van der Waals surface area contributed by atoms with Crippen molar-refractivity contribution in [3.05, 3.63) is 47.0 Å². The molecule has 3 rings (SSSR count). The van der Waals surface area contributed by atoms with Crippen LogP contribution in [-0.2, 0) is 4.79 Å². The van der Waals surface area contributed by atoms with Gasteiger partial charge in [-0.25, -0.2) is 4.98 Å². The van der Waals surface area contributed by atoms with Crippen molar-refractivity contribution in [2.45, 2.75) is 11.8 Å². The molecule has 130 valence electrons. The highest BCUT2D eigenvalue weighted by atomic mass is 35.5. The van der Waals surface area contributed by atoms with Crippen LogP contribution in [0.3, 0.4) is 0 Å². The predicted octanol–water partition coefficient (Wildman–Crippen LogP) is 4.50. The second kappa shape index (κ2) is 7.95. The minimum atomic E-state index is -0.136. The van der Waals surface area contributed by atoms with Crippen LogP contribution in [0.5, 0.6) is 5.75 Å². The van der Waals surface area contributed by atoms with E-state index in [9.17, 15) is 4.79 Å². The number of aryl methyl sites for hydroxylation is 1. The lowest BCUT2D eigenvalue weighted by molar-refractivity contribution is -0.118. The summed E-state index contributed by atoms with van der Waals surface area (Å²) in [6.07, 6.45) is 0. The molecule has 1 amide bonds. The molecule has 8 heteroatoms. The Balaban J connectivity index is 1.59. The molecule has 0 aliphatic carbocycles. The number of anilines is 1. The third-order valence-electron chi connectivity index (χ3n) is 3.38. The zero-order chi connectivity index (χ0) is 17.8. The number of hydrogen-bond donors (Lipinski definition) is 2. The van der Waals surface area contributed by atoms with Gasteiger partial charge in [0, 0.05) is 4.90 Å². The number of carbonyl (C=O) groups is 1. The molecule has 2 aromatic carbocycles. The summed E-state index contributed by atoms with van der Waals surface area (Å²) in [5.41, 5.74) is 7.36. The number of thiazole rings is 1. The number of hydrogen-bond acceptors (Lipinski definition) is 6. The van der Waals surface area contributed by atoms with Gasteiger partial charge < -0.3 is 4.74 Å². The largest absolute Gasteiger partial charge is 0.494 e. The highest BCUT2D eigenvalue weighted by Crippen LogP contribution is 2.37. The Morgan fingerprint density at radius 1 is 1.28 bits per heavy atom. The van der Waals surface area contributed by atoms with Gasteiger partial charge in [0.1, 0.15) is 11.3 Å². The van der Waals surface area contributed by atoms with E-state index in [2.05, 4.69) is 15.8 Å². The Hall–Kier alpha value is -1.96. The van der Waals surface area contributed by atoms with Crippen molar-refractivity contribution in [2.24, 2.45) is 0 Å². The van der Waals surface area contributed by atoms with Crippen LogP contribution < -0.4 is 15.6 Å². The van der Waals surface area contributed by atoms with E-state index in [4.69, 9.17) is 16.3 Å². The third-order valence-corrected chi connectivity index (χ3v) is 5.82. The molecule has 0 saturated heterocycles. The zero-order valence-electron chi connectivity index (χ0n) is 13.6. The van der Waals surface area contributed by atoms with Gasteiger partial charge in [-0.05, 0) is 31.2 Å². The van der Waals surface area contributed by atoms with Crippen LogP contribution in [0, 0.1) is 6.92 Å². The van der Waals surface area contributed by atoms with E-state index in [-0.39, 0.29) is 5.91 Å². The summed E-state index contributed by atoms with van der Waals surface area (Å²) in [6, 6.07) is 11.6. The first-order chi connectivity index (χ1) is 12.1. The molecule has 2 N–H and O–H groups in total. The molecule has 0 spiro atoms. The zero-order valence-corrected chi connectivity index (χ0v) is 16.0. The fraction of sp³-hybridized carbons (Fsp3) is 0.176. The maximum atomic E-state index is 12.0. The Bertz CT molecular complexity index is 897. The molecule has 0 aliphatic rings. The van der Waals surface area contributed by atoms with Crippen LogP contribution in [0.25, 0.3) is 10.2 Å². The maximum Gasteiger partial charge on any atom is 0.248 e. The first kappa shape index (κ1) is 17.8. The molecule has 0 bridgehead atoms. The van der Waals surface area contributed by atoms with Crippen LogP contribution in [0.1, 0.15) is 5.56 Å². The second-order valence-electron chi connectivity index (χ2n) is 5.22. The lowest BCUT2D eigenvalue weighted by Gasteiger charge is -2.05. The monoisotopic (exact) mass is 393 g/mol. The number of aromatic nitrogens is 1. The Morgan fingerprint density at radius 2 is 2.04 bits per heavy atom. The van der Waals surface area contributed by atoms with E-state index in [1.807, 2.05) is 31.2 Å². The van der Waals surface area contributed by atoms with E-state index >= 15 is 0 Å². The topological polar surface area (TPSA) is 63.2 Å². The molecule has 3 aromatic rings. The fourth-order valence-corrected chi connectivity index (χ4v) is 3.92. The number of ether oxygens (including phenoxy) is 1. The third kappa shape index (κ3) is 4.36. The van der Waals surface area contributed by atoms with Gasteiger partial charge in [0.05, 0.1) is 22.6 Å². The summed E-state index contributed by atoms with van der Waals surface area (Å²) < 4.78 is 6.10. The first-order valence-electron chi connectivity index (χ1n) is 7.44. The average Bonchev–Trinajstić information content (AvgIpc) is 3.05. The van der Waals surface area contributed by atoms with Crippen molar-refractivity contribution >= 4 is 56.0 Å². The van der Waals surface area contributed by atoms with Crippen LogP contribution in [0.15, 0.2) is 41.3 Å². The number of halogens is 1. The quantitative estimate of drug-likeness (QED) is 0.476. The molecule has 1 heterocycles. The van der Waals surface area contributed by atoms with E-state index in [0.29, 0.717) is 27.2 Å². The van der Waals surface area contributed by atoms with Gasteiger partial charge in [-0.15, -0.1) is 11.8 Å². The van der Waals surface area contributed by atoms with Crippen molar-refractivity contribution < 1.29 is 9.53 Å². The van der Waals surface area contributed by atoms with Crippen molar-refractivity contribution in [1.29, 1.82) is 0 Å². The number of amides is 1. The average molecular weight is 394 g/mol. The van der Waals surface area contributed by atoms with Gasteiger partial charge in [-0.1, -0.05) is 40.6 Å². The molecule has 5 nitrogen and oxygen atoms in total. The van der Waals surface area contributed by atoms with Gasteiger partial charge in [0.15, 0.2) is 0 Å². The molecule has 0 aliphatic heterocycles. The molecule has 0 atom stereocenters. The summed E-state index contributed by atoms with van der Waals surface area (Å²) in [6.45, 7) is 2.03. The molecule has 0 saturated carbocycles. The second-order valence-corrected chi connectivity index (χ2v) is 7.68. The number of thioether (sulfide) groups is 1. The number of fused-ring (bicyclic) bond motifs is 1.